The molecule has 1 saturated heterocycles. The van der Waals surface area contributed by atoms with E-state index in [1.165, 1.54) is 22.9 Å². The third kappa shape index (κ3) is 6.90. The highest BCUT2D eigenvalue weighted by Crippen LogP contribution is 2.30. The van der Waals surface area contributed by atoms with E-state index in [0.29, 0.717) is 34.0 Å². The summed E-state index contributed by atoms with van der Waals surface area (Å²) in [5.74, 6) is 1.40. The second kappa shape index (κ2) is 12.4. The number of carbonyl (C=O) groups is 2. The Bertz CT molecular complexity index is 1320. The standard InChI is InChI=1S/C27H25ClN4O4S/c1-3-15-32-26(34)24(16-25(33)30-20-9-11-21(12-10-20)35-4-2)37-27(32)31-29-17-22-13-14-23(36-22)18-5-7-19(28)8-6-18/h3,5-14,17,24H,1,4,15-16H2,2H3,(H,30,33)/b29-17+,31-27-. The molecule has 2 heterocycles. The fraction of sp³-hybridized carbons (Fsp3) is 0.185. The molecule has 4 rings (SSSR count). The van der Waals surface area contributed by atoms with Gasteiger partial charge in [-0.05, 0) is 67.6 Å². The van der Waals surface area contributed by atoms with E-state index in [9.17, 15) is 9.59 Å². The summed E-state index contributed by atoms with van der Waals surface area (Å²) in [6.45, 7) is 6.44. The van der Waals surface area contributed by atoms with Gasteiger partial charge in [0.2, 0.25) is 11.8 Å². The van der Waals surface area contributed by atoms with Crippen molar-refractivity contribution in [1.82, 2.24) is 4.90 Å². The Morgan fingerprint density at radius 3 is 2.65 bits per heavy atom. The number of thioether (sulfide) groups is 1. The molecule has 10 heteroatoms. The SMILES string of the molecule is C=CCN1C(=O)C(CC(=O)Nc2ccc(OCC)cc2)S/C1=N\N=C\c1ccc(-c2ccc(Cl)cc2)o1. The molecule has 0 bridgehead atoms. The van der Waals surface area contributed by atoms with Gasteiger partial charge in [-0.2, -0.15) is 5.10 Å². The number of carbonyl (C=O) groups excluding carboxylic acids is 2. The predicted molar refractivity (Wildman–Crippen MR) is 148 cm³/mol. The fourth-order valence-electron chi connectivity index (χ4n) is 3.52. The van der Waals surface area contributed by atoms with Crippen LogP contribution in [0.4, 0.5) is 5.69 Å². The molecule has 190 valence electrons. The van der Waals surface area contributed by atoms with E-state index in [4.69, 9.17) is 20.8 Å². The Balaban J connectivity index is 1.39. The summed E-state index contributed by atoms with van der Waals surface area (Å²) >= 11 is 7.13. The van der Waals surface area contributed by atoms with E-state index in [1.54, 1.807) is 48.5 Å². The Kier molecular flexibility index (Phi) is 8.81. The molecule has 0 aliphatic carbocycles. The lowest BCUT2D eigenvalue weighted by Gasteiger charge is -2.13. The summed E-state index contributed by atoms with van der Waals surface area (Å²) in [5, 5.41) is 11.6. The third-order valence-corrected chi connectivity index (χ3v) is 6.65. The number of anilines is 1. The minimum Gasteiger partial charge on any atom is -0.494 e. The van der Waals surface area contributed by atoms with Crippen molar-refractivity contribution >= 4 is 52.2 Å². The summed E-state index contributed by atoms with van der Waals surface area (Å²) in [6, 6.07) is 18.0. The van der Waals surface area contributed by atoms with Crippen LogP contribution in [0.25, 0.3) is 11.3 Å². The second-order valence-electron chi connectivity index (χ2n) is 7.89. The van der Waals surface area contributed by atoms with Gasteiger partial charge in [-0.25, -0.2) is 0 Å². The van der Waals surface area contributed by atoms with E-state index in [-0.39, 0.29) is 24.8 Å². The van der Waals surface area contributed by atoms with Crippen LogP contribution < -0.4 is 10.1 Å². The topological polar surface area (TPSA) is 96.5 Å². The number of nitrogens with one attached hydrogen (secondary N) is 1. The summed E-state index contributed by atoms with van der Waals surface area (Å²) in [6.07, 6.45) is 3.07. The van der Waals surface area contributed by atoms with Crippen LogP contribution in [-0.2, 0) is 9.59 Å². The molecule has 1 aliphatic rings. The van der Waals surface area contributed by atoms with Crippen LogP contribution in [0.5, 0.6) is 5.75 Å². The summed E-state index contributed by atoms with van der Waals surface area (Å²) in [5.41, 5.74) is 1.51. The first kappa shape index (κ1) is 26.2. The van der Waals surface area contributed by atoms with Crippen molar-refractivity contribution < 1.29 is 18.7 Å². The average Bonchev–Trinajstić information content (AvgIpc) is 3.47. The molecule has 0 radical (unpaired) electrons. The van der Waals surface area contributed by atoms with Crippen LogP contribution in [0.3, 0.4) is 0 Å². The lowest BCUT2D eigenvalue weighted by Crippen LogP contribution is -2.33. The first-order valence-corrected chi connectivity index (χ1v) is 12.8. The highest BCUT2D eigenvalue weighted by Gasteiger charge is 2.38. The molecule has 1 atom stereocenters. The number of halogens is 1. The zero-order chi connectivity index (χ0) is 26.2. The van der Waals surface area contributed by atoms with E-state index in [1.807, 2.05) is 25.1 Å². The maximum Gasteiger partial charge on any atom is 0.243 e. The van der Waals surface area contributed by atoms with Crippen molar-refractivity contribution in [3.8, 4) is 17.1 Å². The second-order valence-corrected chi connectivity index (χ2v) is 9.50. The molecule has 2 aromatic carbocycles. The van der Waals surface area contributed by atoms with Gasteiger partial charge < -0.3 is 14.5 Å². The molecule has 1 aliphatic heterocycles. The van der Waals surface area contributed by atoms with Gasteiger partial charge in [-0.3, -0.25) is 14.5 Å². The van der Waals surface area contributed by atoms with E-state index in [0.717, 1.165) is 11.3 Å². The minimum absolute atomic E-state index is 0.00424. The molecule has 0 spiro atoms. The Morgan fingerprint density at radius 2 is 1.95 bits per heavy atom. The smallest absolute Gasteiger partial charge is 0.243 e. The first-order valence-electron chi connectivity index (χ1n) is 11.5. The summed E-state index contributed by atoms with van der Waals surface area (Å²) < 4.78 is 11.2. The van der Waals surface area contributed by atoms with Crippen molar-refractivity contribution in [3.05, 3.63) is 84.1 Å². The largest absolute Gasteiger partial charge is 0.494 e. The van der Waals surface area contributed by atoms with E-state index < -0.39 is 5.25 Å². The molecule has 37 heavy (non-hydrogen) atoms. The predicted octanol–water partition coefficient (Wildman–Crippen LogP) is 5.85. The number of benzene rings is 2. The third-order valence-electron chi connectivity index (χ3n) is 5.24. The molecule has 8 nitrogen and oxygen atoms in total. The van der Waals surface area contributed by atoms with Gasteiger partial charge in [0.25, 0.3) is 0 Å². The highest BCUT2D eigenvalue weighted by molar-refractivity contribution is 8.15. The lowest BCUT2D eigenvalue weighted by molar-refractivity contribution is -0.127. The average molecular weight is 537 g/mol. The van der Waals surface area contributed by atoms with Gasteiger partial charge in [0, 0.05) is 29.2 Å². The number of furan rings is 1. The number of rotatable bonds is 10. The molecule has 2 amide bonds. The van der Waals surface area contributed by atoms with Crippen LogP contribution in [0.15, 0.2) is 87.9 Å². The van der Waals surface area contributed by atoms with Gasteiger partial charge >= 0.3 is 0 Å². The number of amides is 2. The first-order chi connectivity index (χ1) is 18.0. The Hall–Kier alpha value is -3.82. The van der Waals surface area contributed by atoms with Crippen molar-refractivity contribution in [3.63, 3.8) is 0 Å². The Labute approximate surface area is 224 Å². The van der Waals surface area contributed by atoms with Gasteiger partial charge in [-0.15, -0.1) is 11.7 Å². The molecule has 1 aromatic heterocycles. The zero-order valence-electron chi connectivity index (χ0n) is 20.1. The van der Waals surface area contributed by atoms with Crippen LogP contribution in [0.1, 0.15) is 19.1 Å². The molecule has 1 N–H and O–H groups in total. The summed E-state index contributed by atoms with van der Waals surface area (Å²) in [4.78, 5) is 27.0. The quantitative estimate of drug-likeness (QED) is 0.199. The van der Waals surface area contributed by atoms with Crippen LogP contribution in [0, 0.1) is 0 Å². The van der Waals surface area contributed by atoms with E-state index in [2.05, 4.69) is 22.1 Å². The van der Waals surface area contributed by atoms with Crippen molar-refractivity contribution in [2.45, 2.75) is 18.6 Å². The number of amidine groups is 1. The molecular weight excluding hydrogens is 512 g/mol. The van der Waals surface area contributed by atoms with Crippen molar-refractivity contribution in [2.75, 3.05) is 18.5 Å². The van der Waals surface area contributed by atoms with E-state index >= 15 is 0 Å². The molecular formula is C27H25ClN4O4S. The van der Waals surface area contributed by atoms with Crippen LogP contribution >= 0.6 is 23.4 Å². The monoisotopic (exact) mass is 536 g/mol. The van der Waals surface area contributed by atoms with Crippen molar-refractivity contribution in [1.29, 1.82) is 0 Å². The molecule has 3 aromatic rings. The number of ether oxygens (including phenoxy) is 1. The van der Waals surface area contributed by atoms with Crippen LogP contribution in [0.2, 0.25) is 5.02 Å². The normalized spacial score (nSPS) is 16.5. The van der Waals surface area contributed by atoms with Gasteiger partial charge in [-0.1, -0.05) is 29.4 Å². The number of nitrogens with zero attached hydrogens (tertiary/aromatic N) is 3. The zero-order valence-corrected chi connectivity index (χ0v) is 21.7. The Morgan fingerprint density at radius 1 is 1.19 bits per heavy atom. The van der Waals surface area contributed by atoms with Gasteiger partial charge in [0.05, 0.1) is 12.8 Å². The molecule has 0 saturated carbocycles. The number of hydrogen-bond donors (Lipinski definition) is 1. The van der Waals surface area contributed by atoms with Gasteiger partial charge in [0.1, 0.15) is 22.5 Å². The van der Waals surface area contributed by atoms with Crippen molar-refractivity contribution in [2.24, 2.45) is 10.2 Å². The molecule has 1 fully saturated rings. The number of hydrogen-bond acceptors (Lipinski definition) is 7. The van der Waals surface area contributed by atoms with Gasteiger partial charge in [0.15, 0.2) is 5.17 Å². The maximum atomic E-state index is 12.9. The lowest BCUT2D eigenvalue weighted by atomic mass is 10.2. The molecule has 1 unspecified atom stereocenters. The fourth-order valence-corrected chi connectivity index (χ4v) is 4.75. The minimum atomic E-state index is -0.614. The highest BCUT2D eigenvalue weighted by atomic mass is 35.5. The van der Waals surface area contributed by atoms with Crippen LogP contribution in [-0.4, -0.2) is 46.5 Å². The summed E-state index contributed by atoms with van der Waals surface area (Å²) in [7, 11) is 0. The maximum absolute atomic E-state index is 12.9.